The molecular weight excluding hydrogens is 288 g/mol. The normalized spacial score (nSPS) is 17.1. The molecule has 1 aliphatic heterocycles. The average Bonchev–Trinajstić information content (AvgIpc) is 2.93. The summed E-state index contributed by atoms with van der Waals surface area (Å²) in [6.07, 6.45) is 2.26. The lowest BCUT2D eigenvalue weighted by atomic mass is 10.1. The zero-order valence-electron chi connectivity index (χ0n) is 12.8. The van der Waals surface area contributed by atoms with E-state index in [-0.39, 0.29) is 24.9 Å². The fourth-order valence-electron chi connectivity index (χ4n) is 2.43. The van der Waals surface area contributed by atoms with Gasteiger partial charge in [0.2, 0.25) is 0 Å². The topological polar surface area (TPSA) is 50.4 Å². The first-order chi connectivity index (χ1) is 9.65. The van der Waals surface area contributed by atoms with Crippen molar-refractivity contribution in [1.29, 1.82) is 0 Å². The van der Waals surface area contributed by atoms with Gasteiger partial charge in [0.1, 0.15) is 5.75 Å². The minimum atomic E-state index is -0.0446. The van der Waals surface area contributed by atoms with Crippen molar-refractivity contribution < 1.29 is 9.53 Å². The van der Waals surface area contributed by atoms with Crippen LogP contribution >= 0.6 is 12.4 Å². The molecule has 1 saturated heterocycles. The second-order valence-corrected chi connectivity index (χ2v) is 5.56. The van der Waals surface area contributed by atoms with E-state index in [0.29, 0.717) is 5.92 Å². The summed E-state index contributed by atoms with van der Waals surface area (Å²) >= 11 is 0. The largest absolute Gasteiger partial charge is 0.483 e. The number of carbonyl (C=O) groups is 1. The van der Waals surface area contributed by atoms with E-state index in [1.54, 1.807) is 0 Å². The second kappa shape index (κ2) is 8.90. The Bertz CT molecular complexity index is 460. The molecule has 0 spiro atoms. The third-order valence-corrected chi connectivity index (χ3v) is 3.74. The highest BCUT2D eigenvalue weighted by molar-refractivity contribution is 5.85. The molecule has 1 fully saturated rings. The third-order valence-electron chi connectivity index (χ3n) is 3.74. The molecule has 1 unspecified atom stereocenters. The van der Waals surface area contributed by atoms with Crippen LogP contribution in [0.15, 0.2) is 18.2 Å². The smallest absolute Gasteiger partial charge is 0.257 e. The van der Waals surface area contributed by atoms with Gasteiger partial charge in [-0.1, -0.05) is 12.1 Å². The van der Waals surface area contributed by atoms with E-state index in [0.717, 1.165) is 42.9 Å². The van der Waals surface area contributed by atoms with Crippen molar-refractivity contribution in [1.82, 2.24) is 10.6 Å². The first kappa shape index (κ1) is 17.8. The molecule has 118 valence electrons. The maximum Gasteiger partial charge on any atom is 0.257 e. The van der Waals surface area contributed by atoms with Gasteiger partial charge in [-0.3, -0.25) is 4.79 Å². The minimum absolute atomic E-state index is 0. The molecule has 1 amide bonds. The van der Waals surface area contributed by atoms with Crippen molar-refractivity contribution in [2.75, 3.05) is 26.2 Å². The molecule has 2 N–H and O–H groups in total. The Balaban J connectivity index is 0.00000220. The number of hydrogen-bond acceptors (Lipinski definition) is 3. The number of hydrogen-bond donors (Lipinski definition) is 2. The highest BCUT2D eigenvalue weighted by Gasteiger charge is 2.14. The monoisotopic (exact) mass is 312 g/mol. The molecule has 0 aromatic heterocycles. The van der Waals surface area contributed by atoms with Crippen LogP contribution in [-0.4, -0.2) is 32.1 Å². The Morgan fingerprint density at radius 3 is 2.95 bits per heavy atom. The summed E-state index contributed by atoms with van der Waals surface area (Å²) in [5.41, 5.74) is 2.19. The number of ether oxygens (including phenoxy) is 1. The number of amides is 1. The molecule has 21 heavy (non-hydrogen) atoms. The molecule has 0 bridgehead atoms. The lowest BCUT2D eigenvalue weighted by Gasteiger charge is -2.11. The van der Waals surface area contributed by atoms with Gasteiger partial charge in [0.05, 0.1) is 0 Å². The lowest BCUT2D eigenvalue weighted by molar-refractivity contribution is -0.123. The number of benzene rings is 1. The molecule has 1 heterocycles. The van der Waals surface area contributed by atoms with E-state index in [1.165, 1.54) is 6.42 Å². The minimum Gasteiger partial charge on any atom is -0.483 e. The van der Waals surface area contributed by atoms with Crippen molar-refractivity contribution in [3.8, 4) is 5.75 Å². The number of carbonyl (C=O) groups excluding carboxylic acids is 1. The van der Waals surface area contributed by atoms with Crippen LogP contribution in [0.1, 0.15) is 24.0 Å². The van der Waals surface area contributed by atoms with Crippen LogP contribution in [0, 0.1) is 19.8 Å². The van der Waals surface area contributed by atoms with E-state index in [4.69, 9.17) is 4.74 Å². The number of halogens is 1. The van der Waals surface area contributed by atoms with E-state index in [9.17, 15) is 4.79 Å². The van der Waals surface area contributed by atoms with Crippen LogP contribution in [0.5, 0.6) is 5.75 Å². The molecule has 2 rings (SSSR count). The maximum absolute atomic E-state index is 11.7. The molecule has 1 aromatic carbocycles. The standard InChI is InChI=1S/C16H24N2O2.ClH/c1-12-3-4-13(2)15(9-12)20-11-16(19)18-8-6-14-5-7-17-10-14;/h3-4,9,14,17H,5-8,10-11H2,1-2H3,(H,18,19);1H. The Kier molecular flexibility index (Phi) is 7.54. The highest BCUT2D eigenvalue weighted by atomic mass is 35.5. The van der Waals surface area contributed by atoms with Gasteiger partial charge in [-0.15, -0.1) is 12.4 Å². The average molecular weight is 313 g/mol. The van der Waals surface area contributed by atoms with Crippen LogP contribution in [0.2, 0.25) is 0 Å². The van der Waals surface area contributed by atoms with Crippen LogP contribution in [0.3, 0.4) is 0 Å². The Labute approximate surface area is 133 Å². The molecule has 0 aliphatic carbocycles. The number of nitrogens with one attached hydrogen (secondary N) is 2. The summed E-state index contributed by atoms with van der Waals surface area (Å²) in [6.45, 7) is 7.01. The predicted octanol–water partition coefficient (Wildman–Crippen LogP) is 2.22. The maximum atomic E-state index is 11.7. The van der Waals surface area contributed by atoms with E-state index in [2.05, 4.69) is 10.6 Å². The van der Waals surface area contributed by atoms with E-state index < -0.39 is 0 Å². The summed E-state index contributed by atoms with van der Waals surface area (Å²) in [6, 6.07) is 6.01. The van der Waals surface area contributed by atoms with Crippen molar-refractivity contribution >= 4 is 18.3 Å². The van der Waals surface area contributed by atoms with E-state index >= 15 is 0 Å². The molecule has 1 aromatic rings. The van der Waals surface area contributed by atoms with Crippen LogP contribution < -0.4 is 15.4 Å². The van der Waals surface area contributed by atoms with Gasteiger partial charge < -0.3 is 15.4 Å². The van der Waals surface area contributed by atoms with Crippen molar-refractivity contribution in [2.45, 2.75) is 26.7 Å². The molecule has 1 atom stereocenters. The summed E-state index contributed by atoms with van der Waals surface area (Å²) < 4.78 is 5.58. The van der Waals surface area contributed by atoms with Crippen LogP contribution in [0.4, 0.5) is 0 Å². The van der Waals surface area contributed by atoms with Crippen LogP contribution in [-0.2, 0) is 4.79 Å². The molecule has 0 radical (unpaired) electrons. The second-order valence-electron chi connectivity index (χ2n) is 5.56. The highest BCUT2D eigenvalue weighted by Crippen LogP contribution is 2.18. The Morgan fingerprint density at radius 1 is 1.43 bits per heavy atom. The fraction of sp³-hybridized carbons (Fsp3) is 0.562. The first-order valence-electron chi connectivity index (χ1n) is 7.32. The number of aryl methyl sites for hydroxylation is 2. The quantitative estimate of drug-likeness (QED) is 0.847. The van der Waals surface area contributed by atoms with Gasteiger partial charge in [0.25, 0.3) is 5.91 Å². The SMILES string of the molecule is Cc1ccc(C)c(OCC(=O)NCCC2CCNC2)c1.Cl. The molecule has 0 saturated carbocycles. The van der Waals surface area contributed by atoms with Crippen LogP contribution in [0.25, 0.3) is 0 Å². The molecule has 5 heteroatoms. The number of rotatable bonds is 6. The zero-order valence-corrected chi connectivity index (χ0v) is 13.6. The predicted molar refractivity (Wildman–Crippen MR) is 87.3 cm³/mol. The zero-order chi connectivity index (χ0) is 14.4. The van der Waals surface area contributed by atoms with Gasteiger partial charge in [-0.25, -0.2) is 0 Å². The van der Waals surface area contributed by atoms with Crippen molar-refractivity contribution in [2.24, 2.45) is 5.92 Å². The third kappa shape index (κ3) is 5.94. The fourth-order valence-corrected chi connectivity index (χ4v) is 2.43. The van der Waals surface area contributed by atoms with Gasteiger partial charge in [0.15, 0.2) is 6.61 Å². The van der Waals surface area contributed by atoms with Crippen molar-refractivity contribution in [3.63, 3.8) is 0 Å². The van der Waals surface area contributed by atoms with Gasteiger partial charge >= 0.3 is 0 Å². The molecular formula is C16H25ClN2O2. The summed E-state index contributed by atoms with van der Waals surface area (Å²) in [5, 5.41) is 6.25. The van der Waals surface area contributed by atoms with Gasteiger partial charge in [-0.2, -0.15) is 0 Å². The van der Waals surface area contributed by atoms with E-state index in [1.807, 2.05) is 32.0 Å². The summed E-state index contributed by atoms with van der Waals surface area (Å²) in [4.78, 5) is 11.7. The summed E-state index contributed by atoms with van der Waals surface area (Å²) in [5.74, 6) is 1.45. The van der Waals surface area contributed by atoms with Gasteiger partial charge in [0, 0.05) is 6.54 Å². The summed E-state index contributed by atoms with van der Waals surface area (Å²) in [7, 11) is 0. The van der Waals surface area contributed by atoms with Gasteiger partial charge in [-0.05, 0) is 62.9 Å². The molecule has 4 nitrogen and oxygen atoms in total. The Hall–Kier alpha value is -1.26. The molecule has 1 aliphatic rings. The first-order valence-corrected chi connectivity index (χ1v) is 7.32. The Morgan fingerprint density at radius 2 is 2.24 bits per heavy atom. The lowest BCUT2D eigenvalue weighted by Crippen LogP contribution is -2.31. The van der Waals surface area contributed by atoms with Crippen molar-refractivity contribution in [3.05, 3.63) is 29.3 Å².